The van der Waals surface area contributed by atoms with Gasteiger partial charge in [0.15, 0.2) is 0 Å². The largest absolute Gasteiger partial charge is 0.506 e. The van der Waals surface area contributed by atoms with Crippen molar-refractivity contribution in [3.05, 3.63) is 59.4 Å². The van der Waals surface area contributed by atoms with Crippen LogP contribution in [0.15, 0.2) is 53.6 Å². The van der Waals surface area contributed by atoms with Crippen molar-refractivity contribution in [2.24, 2.45) is 0 Å². The number of hydrogen-bond donors (Lipinski definition) is 4. The van der Waals surface area contributed by atoms with Crippen molar-refractivity contribution < 1.29 is 18.3 Å². The normalized spacial score (nSPS) is 11.2. The minimum atomic E-state index is -3.94. The van der Waals surface area contributed by atoms with Gasteiger partial charge in [0.05, 0.1) is 28.2 Å². The highest BCUT2D eigenvalue weighted by Crippen LogP contribution is 2.28. The molecular formula is C19H20ClN5O4S. The third-order valence-corrected chi connectivity index (χ3v) is 5.79. The monoisotopic (exact) mass is 449 g/mol. The number of carbonyl (C=O) groups excluding carboxylic acids is 1. The van der Waals surface area contributed by atoms with Gasteiger partial charge >= 0.3 is 0 Å². The van der Waals surface area contributed by atoms with Crippen LogP contribution in [0.1, 0.15) is 25.0 Å². The second-order valence-corrected chi connectivity index (χ2v) is 8.63. The van der Waals surface area contributed by atoms with E-state index in [4.69, 9.17) is 11.6 Å². The molecule has 1 aromatic heterocycles. The van der Waals surface area contributed by atoms with E-state index in [9.17, 15) is 18.3 Å². The van der Waals surface area contributed by atoms with Crippen molar-refractivity contribution in [1.29, 1.82) is 0 Å². The number of rotatable bonds is 9. The average molecular weight is 450 g/mol. The molecule has 1 heterocycles. The van der Waals surface area contributed by atoms with E-state index >= 15 is 0 Å². The zero-order valence-corrected chi connectivity index (χ0v) is 17.4. The Kier molecular flexibility index (Phi) is 6.91. The molecule has 30 heavy (non-hydrogen) atoms. The van der Waals surface area contributed by atoms with Gasteiger partial charge in [-0.05, 0) is 55.7 Å². The first-order valence-electron chi connectivity index (χ1n) is 9.09. The number of nitrogens with one attached hydrogen (secondary N) is 3. The molecule has 0 aliphatic carbocycles. The van der Waals surface area contributed by atoms with Crippen molar-refractivity contribution in [2.75, 3.05) is 10.0 Å². The number of H-pyrrole nitrogens is 1. The summed E-state index contributed by atoms with van der Waals surface area (Å²) in [6, 6.07) is 9.94. The van der Waals surface area contributed by atoms with E-state index < -0.39 is 10.0 Å². The number of aromatic amines is 1. The molecule has 158 valence electrons. The second-order valence-electron chi connectivity index (χ2n) is 6.51. The maximum Gasteiger partial charge on any atom is 0.261 e. The Bertz CT molecular complexity index is 1120. The number of aromatic hydroxyl groups is 1. The fourth-order valence-electron chi connectivity index (χ4n) is 2.70. The van der Waals surface area contributed by atoms with Crippen LogP contribution in [0.3, 0.4) is 0 Å². The van der Waals surface area contributed by atoms with E-state index in [2.05, 4.69) is 25.4 Å². The molecule has 9 nitrogen and oxygen atoms in total. The molecule has 0 bridgehead atoms. The van der Waals surface area contributed by atoms with Gasteiger partial charge in [0.2, 0.25) is 5.91 Å². The van der Waals surface area contributed by atoms with Gasteiger partial charge in [-0.1, -0.05) is 17.7 Å². The molecule has 0 aliphatic rings. The van der Waals surface area contributed by atoms with Crippen LogP contribution in [0.2, 0.25) is 5.02 Å². The number of sulfonamides is 1. The quantitative estimate of drug-likeness (QED) is 0.292. The lowest BCUT2D eigenvalue weighted by Gasteiger charge is -2.12. The number of carbonyl (C=O) groups is 1. The van der Waals surface area contributed by atoms with Crippen molar-refractivity contribution in [3.8, 4) is 5.75 Å². The van der Waals surface area contributed by atoms with Crippen LogP contribution < -0.4 is 10.0 Å². The van der Waals surface area contributed by atoms with Crippen LogP contribution >= 0.6 is 11.6 Å². The summed E-state index contributed by atoms with van der Waals surface area (Å²) in [5, 5.41) is 23.1. The fourth-order valence-corrected chi connectivity index (χ4v) is 3.96. The predicted octanol–water partition coefficient (Wildman–Crippen LogP) is 3.32. The molecule has 0 aliphatic heterocycles. The zero-order chi connectivity index (χ0) is 21.6. The molecule has 1 amide bonds. The summed E-state index contributed by atoms with van der Waals surface area (Å²) in [5.74, 6) is -0.560. The van der Waals surface area contributed by atoms with Crippen molar-refractivity contribution >= 4 is 38.9 Å². The van der Waals surface area contributed by atoms with Gasteiger partial charge in [0.25, 0.3) is 10.0 Å². The minimum absolute atomic E-state index is 0.0190. The first-order valence-corrected chi connectivity index (χ1v) is 11.0. The Hall–Kier alpha value is -3.11. The van der Waals surface area contributed by atoms with E-state index in [0.717, 1.165) is 12.1 Å². The Labute approximate surface area is 178 Å². The molecule has 0 radical (unpaired) electrons. The number of aromatic nitrogens is 3. The molecule has 3 rings (SSSR count). The fraction of sp³-hybridized carbons (Fsp3) is 0.211. The van der Waals surface area contributed by atoms with Gasteiger partial charge in [-0.25, -0.2) is 8.42 Å². The number of anilines is 2. The lowest BCUT2D eigenvalue weighted by Crippen LogP contribution is -2.15. The first-order chi connectivity index (χ1) is 14.3. The van der Waals surface area contributed by atoms with Gasteiger partial charge in [0.1, 0.15) is 5.75 Å². The first kappa shape index (κ1) is 21.6. The zero-order valence-electron chi connectivity index (χ0n) is 15.8. The third kappa shape index (κ3) is 5.94. The van der Waals surface area contributed by atoms with Crippen LogP contribution in [-0.2, 0) is 21.2 Å². The highest BCUT2D eigenvalue weighted by atomic mass is 35.5. The lowest BCUT2D eigenvalue weighted by molar-refractivity contribution is -0.116. The van der Waals surface area contributed by atoms with Crippen LogP contribution in [-0.4, -0.2) is 34.8 Å². The molecule has 3 aromatic rings. The van der Waals surface area contributed by atoms with Crippen LogP contribution in [0.5, 0.6) is 5.75 Å². The molecule has 0 saturated heterocycles. The van der Waals surface area contributed by atoms with E-state index in [-0.39, 0.29) is 28.7 Å². The Morgan fingerprint density at radius 1 is 1.17 bits per heavy atom. The number of phenols is 1. The van der Waals surface area contributed by atoms with E-state index in [1.807, 2.05) is 0 Å². The summed E-state index contributed by atoms with van der Waals surface area (Å²) in [4.78, 5) is 12.1. The standard InChI is InChI=1S/C19H20ClN5O4S/c20-13-4-3-6-14(10-13)24-30(28,29)16-8-9-18(26)17(11-16)22-19(27)7-2-1-5-15-12-21-25-23-15/h3-4,6,8-12,24,26H,1-2,5,7H2,(H,22,27)(H,21,23,25). The summed E-state index contributed by atoms with van der Waals surface area (Å²) >= 11 is 5.88. The summed E-state index contributed by atoms with van der Waals surface area (Å²) in [6.45, 7) is 0. The minimum Gasteiger partial charge on any atom is -0.506 e. The summed E-state index contributed by atoms with van der Waals surface area (Å²) < 4.78 is 27.7. The summed E-state index contributed by atoms with van der Waals surface area (Å²) in [7, 11) is -3.94. The highest BCUT2D eigenvalue weighted by Gasteiger charge is 2.17. The smallest absolute Gasteiger partial charge is 0.261 e. The molecule has 11 heteroatoms. The van der Waals surface area contributed by atoms with E-state index in [1.165, 1.54) is 24.3 Å². The van der Waals surface area contributed by atoms with Gasteiger partial charge < -0.3 is 10.4 Å². The molecule has 2 aromatic carbocycles. The molecule has 0 saturated carbocycles. The Morgan fingerprint density at radius 2 is 2.00 bits per heavy atom. The van der Waals surface area contributed by atoms with Crippen molar-refractivity contribution in [3.63, 3.8) is 0 Å². The molecule has 0 fully saturated rings. The summed E-state index contributed by atoms with van der Waals surface area (Å²) in [5.41, 5.74) is 1.14. The molecule has 0 atom stereocenters. The second kappa shape index (κ2) is 9.59. The van der Waals surface area contributed by atoms with Crippen LogP contribution in [0.4, 0.5) is 11.4 Å². The number of halogens is 1. The SMILES string of the molecule is O=C(CCCCc1cn[nH]n1)Nc1cc(S(=O)(=O)Nc2cccc(Cl)c2)ccc1O. The van der Waals surface area contributed by atoms with Gasteiger partial charge in [-0.2, -0.15) is 15.4 Å². The molecular weight excluding hydrogens is 430 g/mol. The number of aryl methyl sites for hydroxylation is 1. The highest BCUT2D eigenvalue weighted by molar-refractivity contribution is 7.92. The number of unbranched alkanes of at least 4 members (excludes halogenated alkanes) is 1. The van der Waals surface area contributed by atoms with E-state index in [0.29, 0.717) is 23.6 Å². The number of phenolic OH excluding ortho intramolecular Hbond substituents is 1. The average Bonchev–Trinajstić information content (AvgIpc) is 3.20. The van der Waals surface area contributed by atoms with Gasteiger partial charge in [0, 0.05) is 11.4 Å². The summed E-state index contributed by atoms with van der Waals surface area (Å²) in [6.07, 6.45) is 3.88. The molecule has 4 N–H and O–H groups in total. The topological polar surface area (TPSA) is 137 Å². The van der Waals surface area contributed by atoms with Crippen LogP contribution in [0, 0.1) is 0 Å². The maximum atomic E-state index is 12.6. The number of hydrogen-bond acceptors (Lipinski definition) is 6. The number of amides is 1. The van der Waals surface area contributed by atoms with Crippen molar-refractivity contribution in [2.45, 2.75) is 30.6 Å². The Morgan fingerprint density at radius 3 is 2.73 bits per heavy atom. The third-order valence-electron chi connectivity index (χ3n) is 4.18. The van der Waals surface area contributed by atoms with Crippen LogP contribution in [0.25, 0.3) is 0 Å². The lowest BCUT2D eigenvalue weighted by atomic mass is 10.1. The molecule has 0 unspecified atom stereocenters. The molecule has 0 spiro atoms. The number of benzene rings is 2. The van der Waals surface area contributed by atoms with Crippen molar-refractivity contribution in [1.82, 2.24) is 15.4 Å². The Balaban J connectivity index is 1.61. The van der Waals surface area contributed by atoms with Gasteiger partial charge in [-0.15, -0.1) is 0 Å². The van der Waals surface area contributed by atoms with E-state index in [1.54, 1.807) is 24.4 Å². The maximum absolute atomic E-state index is 12.6. The predicted molar refractivity (Wildman–Crippen MR) is 113 cm³/mol. The number of nitrogens with zero attached hydrogens (tertiary/aromatic N) is 2. The van der Waals surface area contributed by atoms with Gasteiger partial charge in [-0.3, -0.25) is 9.52 Å².